The molecule has 0 bridgehead atoms. The maximum absolute atomic E-state index is 12.5. The highest BCUT2D eigenvalue weighted by atomic mass is 16.5. The predicted octanol–water partition coefficient (Wildman–Crippen LogP) is 5.43. The van der Waals surface area contributed by atoms with Gasteiger partial charge in [-0.15, -0.1) is 0 Å². The van der Waals surface area contributed by atoms with Crippen LogP contribution in [-0.4, -0.2) is 43.8 Å². The number of nitrogens with zero attached hydrogens (tertiary/aromatic N) is 1. The fourth-order valence-electron chi connectivity index (χ4n) is 4.84. The van der Waals surface area contributed by atoms with Crippen molar-refractivity contribution < 1.29 is 19.0 Å². The molecule has 0 N–H and O–H groups in total. The van der Waals surface area contributed by atoms with Crippen molar-refractivity contribution in [2.75, 3.05) is 27.4 Å². The zero-order valence-corrected chi connectivity index (χ0v) is 20.1. The summed E-state index contributed by atoms with van der Waals surface area (Å²) in [6, 6.07) is 16.6. The molecule has 2 atom stereocenters. The van der Waals surface area contributed by atoms with Crippen LogP contribution >= 0.6 is 0 Å². The van der Waals surface area contributed by atoms with Crippen molar-refractivity contribution in [1.82, 2.24) is 4.90 Å². The molecule has 174 valence electrons. The predicted molar refractivity (Wildman–Crippen MR) is 127 cm³/mol. The molecule has 2 aromatic rings. The summed E-state index contributed by atoms with van der Waals surface area (Å²) in [4.78, 5) is 14.4. The fourth-order valence-corrected chi connectivity index (χ4v) is 4.84. The number of benzene rings is 2. The Morgan fingerprint density at radius 2 is 1.84 bits per heavy atom. The lowest BCUT2D eigenvalue weighted by atomic mass is 9.75. The van der Waals surface area contributed by atoms with Crippen molar-refractivity contribution >= 4 is 5.91 Å². The number of carbonyl (C=O) groups excluding carboxylic acids is 1. The standard InChI is InChI=1S/C27H37NO4/c1-20(29)28(19-21-11-12-25(30-4)26(17-21)31-5)15-13-24(22-9-7-6-8-10-22)23-14-16-32-27(2,3)18-23/h6-12,17,23-24H,13-16,18-19H2,1-5H3/t23-,24+/m1/s1. The molecule has 0 aliphatic carbocycles. The molecule has 5 heteroatoms. The van der Waals surface area contributed by atoms with Crippen LogP contribution in [0.5, 0.6) is 11.5 Å². The number of amides is 1. The Balaban J connectivity index is 1.76. The first-order valence-electron chi connectivity index (χ1n) is 11.5. The molecule has 32 heavy (non-hydrogen) atoms. The highest BCUT2D eigenvalue weighted by molar-refractivity contribution is 5.73. The molecule has 1 aliphatic heterocycles. The van der Waals surface area contributed by atoms with Crippen molar-refractivity contribution in [3.05, 3.63) is 59.7 Å². The third-order valence-electron chi connectivity index (χ3n) is 6.51. The molecule has 0 spiro atoms. The lowest BCUT2D eigenvalue weighted by Gasteiger charge is -2.40. The quantitative estimate of drug-likeness (QED) is 0.523. The minimum atomic E-state index is -0.101. The maximum Gasteiger partial charge on any atom is 0.219 e. The Morgan fingerprint density at radius 1 is 1.12 bits per heavy atom. The summed E-state index contributed by atoms with van der Waals surface area (Å²) in [7, 11) is 3.25. The van der Waals surface area contributed by atoms with Crippen LogP contribution in [0.4, 0.5) is 0 Å². The van der Waals surface area contributed by atoms with Crippen LogP contribution in [0.25, 0.3) is 0 Å². The van der Waals surface area contributed by atoms with E-state index in [9.17, 15) is 4.79 Å². The summed E-state index contributed by atoms with van der Waals surface area (Å²) in [6.07, 6.45) is 3.01. The third-order valence-corrected chi connectivity index (χ3v) is 6.51. The van der Waals surface area contributed by atoms with Gasteiger partial charge in [0.25, 0.3) is 0 Å². The van der Waals surface area contributed by atoms with E-state index in [0.717, 1.165) is 31.4 Å². The lowest BCUT2D eigenvalue weighted by Crippen LogP contribution is -2.37. The van der Waals surface area contributed by atoms with Gasteiger partial charge in [-0.1, -0.05) is 36.4 Å². The second kappa shape index (κ2) is 10.9. The largest absolute Gasteiger partial charge is 0.493 e. The van der Waals surface area contributed by atoms with Gasteiger partial charge in [-0.05, 0) is 68.2 Å². The van der Waals surface area contributed by atoms with Crippen LogP contribution in [0.2, 0.25) is 0 Å². The number of hydrogen-bond donors (Lipinski definition) is 0. The van der Waals surface area contributed by atoms with E-state index < -0.39 is 0 Å². The highest BCUT2D eigenvalue weighted by Gasteiger charge is 2.34. The highest BCUT2D eigenvalue weighted by Crippen LogP contribution is 2.40. The molecule has 1 heterocycles. The van der Waals surface area contributed by atoms with Gasteiger partial charge in [0.15, 0.2) is 11.5 Å². The maximum atomic E-state index is 12.5. The molecule has 1 saturated heterocycles. The number of rotatable bonds is 9. The minimum absolute atomic E-state index is 0.0823. The SMILES string of the molecule is COc1ccc(CN(CC[C@@H](c2ccccc2)[C@@H]2CCOC(C)(C)C2)C(C)=O)cc1OC. The van der Waals surface area contributed by atoms with E-state index in [1.807, 2.05) is 23.1 Å². The summed E-state index contributed by atoms with van der Waals surface area (Å²) in [5.74, 6) is 2.39. The third kappa shape index (κ3) is 6.26. The van der Waals surface area contributed by atoms with Crippen LogP contribution in [0.15, 0.2) is 48.5 Å². The first-order chi connectivity index (χ1) is 15.3. The zero-order valence-electron chi connectivity index (χ0n) is 20.1. The first-order valence-corrected chi connectivity index (χ1v) is 11.5. The Kier molecular flexibility index (Phi) is 8.19. The van der Waals surface area contributed by atoms with Gasteiger partial charge in [-0.3, -0.25) is 4.79 Å². The van der Waals surface area contributed by atoms with Crippen molar-refractivity contribution in [3.63, 3.8) is 0 Å². The summed E-state index contributed by atoms with van der Waals surface area (Å²) in [5.41, 5.74) is 2.28. The molecule has 1 fully saturated rings. The van der Waals surface area contributed by atoms with Crippen LogP contribution in [0.1, 0.15) is 57.1 Å². The number of methoxy groups -OCH3 is 2. The summed E-state index contributed by atoms with van der Waals surface area (Å²) in [6.45, 7) is 8.07. The average Bonchev–Trinajstić information content (AvgIpc) is 2.78. The molecule has 3 rings (SSSR count). The smallest absolute Gasteiger partial charge is 0.219 e. The number of ether oxygens (including phenoxy) is 3. The first kappa shape index (κ1) is 24.1. The minimum Gasteiger partial charge on any atom is -0.493 e. The van der Waals surface area contributed by atoms with E-state index in [4.69, 9.17) is 14.2 Å². The van der Waals surface area contributed by atoms with Crippen molar-refractivity contribution in [1.29, 1.82) is 0 Å². The van der Waals surface area contributed by atoms with Crippen molar-refractivity contribution in [2.45, 2.75) is 58.1 Å². The van der Waals surface area contributed by atoms with Crippen LogP contribution in [0, 0.1) is 5.92 Å². The Labute approximate surface area is 192 Å². The van der Waals surface area contributed by atoms with Crippen LogP contribution in [-0.2, 0) is 16.1 Å². The summed E-state index contributed by atoms with van der Waals surface area (Å²) < 4.78 is 16.8. The van der Waals surface area contributed by atoms with Gasteiger partial charge < -0.3 is 19.1 Å². The Morgan fingerprint density at radius 3 is 2.47 bits per heavy atom. The molecule has 0 unspecified atom stereocenters. The molecule has 2 aromatic carbocycles. The number of hydrogen-bond acceptors (Lipinski definition) is 4. The van der Waals surface area contributed by atoms with E-state index in [2.05, 4.69) is 44.2 Å². The molecule has 1 aliphatic rings. The molecular weight excluding hydrogens is 402 g/mol. The van der Waals surface area contributed by atoms with Crippen molar-refractivity contribution in [3.8, 4) is 11.5 Å². The van der Waals surface area contributed by atoms with Gasteiger partial charge in [0.1, 0.15) is 0 Å². The molecule has 5 nitrogen and oxygen atoms in total. The van der Waals surface area contributed by atoms with E-state index in [-0.39, 0.29) is 11.5 Å². The normalized spacial score (nSPS) is 18.6. The second-order valence-electron chi connectivity index (χ2n) is 9.30. The van der Waals surface area contributed by atoms with Gasteiger partial charge in [0, 0.05) is 26.6 Å². The fraction of sp³-hybridized carbons (Fsp3) is 0.519. The Bertz CT molecular complexity index is 880. The average molecular weight is 440 g/mol. The van der Waals surface area contributed by atoms with Gasteiger partial charge in [-0.2, -0.15) is 0 Å². The van der Waals surface area contributed by atoms with Crippen LogP contribution < -0.4 is 9.47 Å². The summed E-state index contributed by atoms with van der Waals surface area (Å²) >= 11 is 0. The summed E-state index contributed by atoms with van der Waals surface area (Å²) in [5, 5.41) is 0. The molecular formula is C27H37NO4. The van der Waals surface area contributed by atoms with Gasteiger partial charge >= 0.3 is 0 Å². The van der Waals surface area contributed by atoms with E-state index >= 15 is 0 Å². The molecule has 0 aromatic heterocycles. The molecule has 1 amide bonds. The number of carbonyl (C=O) groups is 1. The van der Waals surface area contributed by atoms with E-state index in [1.165, 1.54) is 5.56 Å². The molecule has 0 saturated carbocycles. The second-order valence-corrected chi connectivity index (χ2v) is 9.30. The van der Waals surface area contributed by atoms with Crippen molar-refractivity contribution in [2.24, 2.45) is 5.92 Å². The van der Waals surface area contributed by atoms with Gasteiger partial charge in [-0.25, -0.2) is 0 Å². The van der Waals surface area contributed by atoms with E-state index in [1.54, 1.807) is 21.1 Å². The van der Waals surface area contributed by atoms with Gasteiger partial charge in [0.05, 0.1) is 19.8 Å². The molecule has 0 radical (unpaired) electrons. The Hall–Kier alpha value is -2.53. The topological polar surface area (TPSA) is 48.0 Å². The van der Waals surface area contributed by atoms with E-state index in [0.29, 0.717) is 36.4 Å². The lowest BCUT2D eigenvalue weighted by molar-refractivity contribution is -0.129. The van der Waals surface area contributed by atoms with Crippen LogP contribution in [0.3, 0.4) is 0 Å². The monoisotopic (exact) mass is 439 g/mol. The van der Waals surface area contributed by atoms with Gasteiger partial charge in [0.2, 0.25) is 5.91 Å². The zero-order chi connectivity index (χ0) is 23.1.